The lowest BCUT2D eigenvalue weighted by Gasteiger charge is -2.34. The lowest BCUT2D eigenvalue weighted by molar-refractivity contribution is -0.127. The number of hydrogen-bond acceptors (Lipinski definition) is 4. The van der Waals surface area contributed by atoms with E-state index in [4.69, 9.17) is 4.74 Å². The van der Waals surface area contributed by atoms with Crippen molar-refractivity contribution < 1.29 is 9.53 Å². The number of aryl methyl sites for hydroxylation is 1. The Bertz CT molecular complexity index is 752. The Labute approximate surface area is 161 Å². The van der Waals surface area contributed by atoms with E-state index in [0.29, 0.717) is 12.3 Å². The van der Waals surface area contributed by atoms with Crippen LogP contribution in [0.25, 0.3) is 0 Å². The highest BCUT2D eigenvalue weighted by Gasteiger charge is 2.16. The molecule has 0 bridgehead atoms. The van der Waals surface area contributed by atoms with Crippen LogP contribution >= 0.6 is 0 Å². The van der Waals surface area contributed by atoms with Crippen LogP contribution in [-0.4, -0.2) is 50.1 Å². The topological polar surface area (TPSA) is 44.8 Å². The van der Waals surface area contributed by atoms with Gasteiger partial charge in [-0.2, -0.15) is 0 Å². The molecule has 0 aliphatic carbocycles. The lowest BCUT2D eigenvalue weighted by atomic mass is 10.1. The number of amides is 1. The predicted molar refractivity (Wildman–Crippen MR) is 109 cm³/mol. The summed E-state index contributed by atoms with van der Waals surface area (Å²) in [6, 6.07) is 16.2. The first kappa shape index (κ1) is 19.2. The molecule has 1 heterocycles. The predicted octanol–water partition coefficient (Wildman–Crippen LogP) is 2.83. The second kappa shape index (κ2) is 8.91. The van der Waals surface area contributed by atoms with E-state index < -0.39 is 6.10 Å². The number of anilines is 1. The summed E-state index contributed by atoms with van der Waals surface area (Å²) in [5.74, 6) is 0.605. The van der Waals surface area contributed by atoms with Crippen LogP contribution in [0.15, 0.2) is 48.5 Å². The van der Waals surface area contributed by atoms with Crippen molar-refractivity contribution in [3.63, 3.8) is 0 Å². The Hall–Kier alpha value is -2.53. The van der Waals surface area contributed by atoms with Crippen LogP contribution in [0.4, 0.5) is 5.69 Å². The number of ether oxygens (including phenoxy) is 1. The number of benzene rings is 2. The van der Waals surface area contributed by atoms with Gasteiger partial charge in [0.25, 0.3) is 5.91 Å². The minimum atomic E-state index is -0.531. The van der Waals surface area contributed by atoms with Crippen molar-refractivity contribution in [3.8, 4) is 5.75 Å². The van der Waals surface area contributed by atoms with Crippen molar-refractivity contribution in [1.82, 2.24) is 10.2 Å². The van der Waals surface area contributed by atoms with Gasteiger partial charge in [0.05, 0.1) is 0 Å². The monoisotopic (exact) mass is 367 g/mol. The molecule has 2 aromatic rings. The van der Waals surface area contributed by atoms with Gasteiger partial charge in [0.1, 0.15) is 5.75 Å². The molecule has 5 heteroatoms. The summed E-state index contributed by atoms with van der Waals surface area (Å²) in [7, 11) is 2.16. The highest BCUT2D eigenvalue weighted by atomic mass is 16.5. The number of likely N-dealkylation sites (N-methyl/N-ethyl adjacent to an activating group) is 1. The average molecular weight is 367 g/mol. The molecule has 0 saturated carbocycles. The molecule has 1 fully saturated rings. The summed E-state index contributed by atoms with van der Waals surface area (Å²) in [6.45, 7) is 8.58. The second-order valence-electron chi connectivity index (χ2n) is 7.25. The average Bonchev–Trinajstić information content (AvgIpc) is 2.67. The molecular weight excluding hydrogens is 338 g/mol. The number of piperazine rings is 1. The number of nitrogens with one attached hydrogen (secondary N) is 1. The van der Waals surface area contributed by atoms with E-state index >= 15 is 0 Å². The van der Waals surface area contributed by atoms with Gasteiger partial charge in [-0.15, -0.1) is 0 Å². The third-order valence-corrected chi connectivity index (χ3v) is 4.94. The van der Waals surface area contributed by atoms with Crippen molar-refractivity contribution in [3.05, 3.63) is 59.7 Å². The van der Waals surface area contributed by atoms with E-state index in [9.17, 15) is 4.79 Å². The standard InChI is InChI=1S/C22H29N3O2/c1-17-5-4-6-21(15-17)27-18(2)22(26)23-16-19-7-9-20(10-8-19)25-13-11-24(3)12-14-25/h4-10,15,18H,11-14,16H2,1-3H3,(H,23,26)/t18-/m1/s1. The van der Waals surface area contributed by atoms with Crippen LogP contribution in [-0.2, 0) is 11.3 Å². The fourth-order valence-electron chi connectivity index (χ4n) is 3.17. The third kappa shape index (κ3) is 5.47. The molecule has 1 N–H and O–H groups in total. The zero-order chi connectivity index (χ0) is 19.2. The lowest BCUT2D eigenvalue weighted by Crippen LogP contribution is -2.44. The second-order valence-corrected chi connectivity index (χ2v) is 7.25. The molecule has 1 atom stereocenters. The van der Waals surface area contributed by atoms with Crippen molar-refractivity contribution in [2.24, 2.45) is 0 Å². The highest BCUT2D eigenvalue weighted by molar-refractivity contribution is 5.80. The van der Waals surface area contributed by atoms with Crippen LogP contribution in [0.5, 0.6) is 5.75 Å². The third-order valence-electron chi connectivity index (χ3n) is 4.94. The van der Waals surface area contributed by atoms with Crippen LogP contribution in [0, 0.1) is 6.92 Å². The van der Waals surface area contributed by atoms with Crippen LogP contribution in [0.3, 0.4) is 0 Å². The van der Waals surface area contributed by atoms with E-state index in [1.165, 1.54) is 5.69 Å². The maximum Gasteiger partial charge on any atom is 0.261 e. The maximum atomic E-state index is 12.3. The van der Waals surface area contributed by atoms with Gasteiger partial charge in [0.15, 0.2) is 6.10 Å². The number of carbonyl (C=O) groups excluding carboxylic acids is 1. The van der Waals surface area contributed by atoms with E-state index in [1.807, 2.05) is 31.2 Å². The molecule has 1 aliphatic rings. The molecule has 0 spiro atoms. The fraction of sp³-hybridized carbons (Fsp3) is 0.409. The van der Waals surface area contributed by atoms with E-state index in [0.717, 1.165) is 37.3 Å². The first-order valence-electron chi connectivity index (χ1n) is 9.55. The van der Waals surface area contributed by atoms with Gasteiger partial charge in [-0.1, -0.05) is 24.3 Å². The normalized spacial score (nSPS) is 16.0. The Morgan fingerprint density at radius 2 is 1.81 bits per heavy atom. The van der Waals surface area contributed by atoms with E-state index in [2.05, 4.69) is 46.4 Å². The molecule has 2 aromatic carbocycles. The Morgan fingerprint density at radius 3 is 2.48 bits per heavy atom. The van der Waals surface area contributed by atoms with Gasteiger partial charge in [-0.3, -0.25) is 4.79 Å². The molecule has 1 aliphatic heterocycles. The van der Waals surface area contributed by atoms with E-state index in [-0.39, 0.29) is 5.91 Å². The first-order chi connectivity index (χ1) is 13.0. The van der Waals surface area contributed by atoms with Crippen molar-refractivity contribution in [1.29, 1.82) is 0 Å². The largest absolute Gasteiger partial charge is 0.481 e. The fourth-order valence-corrected chi connectivity index (χ4v) is 3.17. The van der Waals surface area contributed by atoms with Gasteiger partial charge in [-0.25, -0.2) is 0 Å². The number of nitrogens with zero attached hydrogens (tertiary/aromatic N) is 2. The summed E-state index contributed by atoms with van der Waals surface area (Å²) in [5, 5.41) is 2.95. The number of rotatable bonds is 6. The summed E-state index contributed by atoms with van der Waals surface area (Å²) in [4.78, 5) is 17.1. The summed E-state index contributed by atoms with van der Waals surface area (Å²) in [5.41, 5.74) is 3.44. The molecule has 0 aromatic heterocycles. The van der Waals surface area contributed by atoms with Crippen LogP contribution < -0.4 is 15.0 Å². The summed E-state index contributed by atoms with van der Waals surface area (Å²) in [6.07, 6.45) is -0.531. The molecule has 1 saturated heterocycles. The van der Waals surface area contributed by atoms with Gasteiger partial charge in [-0.05, 0) is 56.3 Å². The number of hydrogen-bond donors (Lipinski definition) is 1. The zero-order valence-corrected chi connectivity index (χ0v) is 16.4. The molecule has 144 valence electrons. The summed E-state index contributed by atoms with van der Waals surface area (Å²) < 4.78 is 5.73. The smallest absolute Gasteiger partial charge is 0.261 e. The Kier molecular flexibility index (Phi) is 6.35. The van der Waals surface area contributed by atoms with Crippen molar-refractivity contribution in [2.75, 3.05) is 38.1 Å². The molecule has 1 amide bonds. The van der Waals surface area contributed by atoms with E-state index in [1.54, 1.807) is 6.92 Å². The van der Waals surface area contributed by atoms with Gasteiger partial charge >= 0.3 is 0 Å². The Balaban J connectivity index is 1.48. The van der Waals surface area contributed by atoms with Crippen molar-refractivity contribution in [2.45, 2.75) is 26.5 Å². The summed E-state index contributed by atoms with van der Waals surface area (Å²) >= 11 is 0. The number of carbonyl (C=O) groups is 1. The Morgan fingerprint density at radius 1 is 1.11 bits per heavy atom. The van der Waals surface area contributed by atoms with Crippen molar-refractivity contribution >= 4 is 11.6 Å². The van der Waals surface area contributed by atoms with Crippen LogP contribution in [0.2, 0.25) is 0 Å². The molecule has 3 rings (SSSR count). The minimum Gasteiger partial charge on any atom is -0.481 e. The first-order valence-corrected chi connectivity index (χ1v) is 9.55. The van der Waals surface area contributed by atoms with Gasteiger partial charge in [0.2, 0.25) is 0 Å². The molecule has 0 radical (unpaired) electrons. The maximum absolute atomic E-state index is 12.3. The van der Waals surface area contributed by atoms with Gasteiger partial charge in [0, 0.05) is 38.4 Å². The zero-order valence-electron chi connectivity index (χ0n) is 16.4. The molecule has 27 heavy (non-hydrogen) atoms. The highest BCUT2D eigenvalue weighted by Crippen LogP contribution is 2.17. The van der Waals surface area contributed by atoms with Gasteiger partial charge < -0.3 is 19.9 Å². The molecule has 5 nitrogen and oxygen atoms in total. The SMILES string of the molecule is Cc1cccc(O[C@H](C)C(=O)NCc2ccc(N3CCN(C)CC3)cc2)c1. The quantitative estimate of drug-likeness (QED) is 0.853. The van der Waals surface area contributed by atoms with Crippen LogP contribution in [0.1, 0.15) is 18.1 Å². The molecule has 0 unspecified atom stereocenters. The molecular formula is C22H29N3O2. The minimum absolute atomic E-state index is 0.111.